The van der Waals surface area contributed by atoms with Crippen LogP contribution >= 0.6 is 23.5 Å². The summed E-state index contributed by atoms with van der Waals surface area (Å²) < 4.78 is 3.92. The van der Waals surface area contributed by atoms with Gasteiger partial charge in [-0.2, -0.15) is 0 Å². The van der Waals surface area contributed by atoms with Crippen LogP contribution < -0.4 is 0 Å². The summed E-state index contributed by atoms with van der Waals surface area (Å²) in [6.45, 7) is 4.63. The molecule has 0 aromatic heterocycles. The average molecular weight is 486 g/mol. The Hall–Kier alpha value is 2.26. The molecule has 0 aromatic rings. The number of hydrogen-bond acceptors (Lipinski definition) is 3. The molecule has 0 amide bonds. The van der Waals surface area contributed by atoms with E-state index in [1.165, 1.54) is 25.7 Å². The molecule has 1 saturated heterocycles. The van der Waals surface area contributed by atoms with Gasteiger partial charge in [-0.25, -0.2) is 0 Å². The van der Waals surface area contributed by atoms with Gasteiger partial charge in [-0.05, 0) is 0 Å². The fourth-order valence-corrected chi connectivity index (χ4v) is 25.6. The van der Waals surface area contributed by atoms with Gasteiger partial charge in [0.15, 0.2) is 0 Å². The molecule has 4 radical (unpaired) electrons. The van der Waals surface area contributed by atoms with Crippen molar-refractivity contribution in [2.45, 2.75) is 54.6 Å². The van der Waals surface area contributed by atoms with Gasteiger partial charge in [-0.1, -0.05) is 0 Å². The van der Waals surface area contributed by atoms with E-state index in [-0.39, 0.29) is 48.4 Å². The Morgan fingerprint density at radius 1 is 1.06 bits per heavy atom. The van der Waals surface area contributed by atoms with Crippen molar-refractivity contribution in [1.82, 2.24) is 0 Å². The van der Waals surface area contributed by atoms with E-state index >= 15 is 0 Å². The normalized spacial score (nSPS) is 20.6. The first-order valence-electron chi connectivity index (χ1n) is 6.68. The van der Waals surface area contributed by atoms with Gasteiger partial charge >= 0.3 is 137 Å². The molecule has 1 heterocycles. The summed E-state index contributed by atoms with van der Waals surface area (Å²) in [5.41, 5.74) is 0. The topological polar surface area (TPSA) is 20.2 Å². The molecule has 1 aliphatic heterocycles. The summed E-state index contributed by atoms with van der Waals surface area (Å²) >= 11 is 3.95. The molecule has 0 aromatic carbocycles. The Morgan fingerprint density at radius 2 is 1.53 bits per heavy atom. The van der Waals surface area contributed by atoms with Gasteiger partial charge in [0.1, 0.15) is 0 Å². The quantitative estimate of drug-likeness (QED) is 0.421. The van der Waals surface area contributed by atoms with Crippen molar-refractivity contribution in [3.63, 3.8) is 0 Å². The van der Waals surface area contributed by atoms with Crippen molar-refractivity contribution in [2.75, 3.05) is 11.5 Å². The van der Waals surface area contributed by atoms with Crippen LogP contribution in [0.1, 0.15) is 39.5 Å². The van der Waals surface area contributed by atoms with E-state index in [2.05, 4.69) is 37.4 Å². The van der Waals surface area contributed by atoms with Crippen LogP contribution in [0.5, 0.6) is 0 Å². The second-order valence-corrected chi connectivity index (χ2v) is 24.5. The number of thioether (sulfide) groups is 2. The van der Waals surface area contributed by atoms with Crippen LogP contribution in [0, 0.1) is 0 Å². The molecule has 0 aliphatic carbocycles. The van der Waals surface area contributed by atoms with Gasteiger partial charge in [-0.3, -0.25) is 0 Å². The van der Waals surface area contributed by atoms with Gasteiger partial charge in [0.25, 0.3) is 0 Å². The molecule has 1 aliphatic rings. The van der Waals surface area contributed by atoms with E-state index in [9.17, 15) is 5.11 Å². The number of aliphatic hydroxyl groups is 1. The molecule has 1 N–H and O–H groups in total. The fraction of sp³-hybridized carbons (Fsp3) is 1.00. The first kappa shape index (κ1) is 17.3. The van der Waals surface area contributed by atoms with Crippen molar-refractivity contribution in [2.24, 2.45) is 0 Å². The molecular formula is C12H24OS2Sn2. The molecule has 0 unspecified atom stereocenters. The summed E-state index contributed by atoms with van der Waals surface area (Å²) in [5.74, 6) is 2.07. The second kappa shape index (κ2) is 10.1. The summed E-state index contributed by atoms with van der Waals surface area (Å²) in [7, 11) is 0. The van der Waals surface area contributed by atoms with Crippen molar-refractivity contribution in [1.29, 1.82) is 0 Å². The molecule has 5 heteroatoms. The predicted molar refractivity (Wildman–Crippen MR) is 84.6 cm³/mol. The third kappa shape index (κ3) is 7.00. The number of hydrogen-bond donors (Lipinski definition) is 1. The van der Waals surface area contributed by atoms with Gasteiger partial charge in [-0.15, -0.1) is 0 Å². The SMILES string of the molecule is CCC[CH2][Sn][C]1([Sn][CH2]CCC)SCC(O)CS1. The number of rotatable bonds is 8. The van der Waals surface area contributed by atoms with E-state index < -0.39 is 0 Å². The van der Waals surface area contributed by atoms with Crippen LogP contribution in [0.2, 0.25) is 8.87 Å². The predicted octanol–water partition coefficient (Wildman–Crippen LogP) is 3.28. The molecule has 0 spiro atoms. The molecule has 0 saturated carbocycles. The van der Waals surface area contributed by atoms with Crippen molar-refractivity contribution >= 4 is 65.8 Å². The van der Waals surface area contributed by atoms with Crippen molar-refractivity contribution in [3.8, 4) is 0 Å². The molecular weight excluding hydrogens is 462 g/mol. The van der Waals surface area contributed by atoms with Crippen molar-refractivity contribution in [3.05, 3.63) is 0 Å². The Balaban J connectivity index is 2.39. The zero-order valence-electron chi connectivity index (χ0n) is 11.0. The summed E-state index contributed by atoms with van der Waals surface area (Å²) in [6.07, 6.45) is 5.65. The van der Waals surface area contributed by atoms with Crippen LogP contribution in [-0.4, -0.2) is 65.1 Å². The van der Waals surface area contributed by atoms with Crippen LogP contribution in [0.4, 0.5) is 0 Å². The zero-order chi connectivity index (χ0) is 12.6. The Labute approximate surface area is 135 Å². The van der Waals surface area contributed by atoms with E-state index in [1.807, 2.05) is 0 Å². The summed E-state index contributed by atoms with van der Waals surface area (Å²) in [4.78, 5) is 0. The monoisotopic (exact) mass is 488 g/mol. The molecule has 17 heavy (non-hydrogen) atoms. The number of unbranched alkanes of at least 4 members (excludes halogenated alkanes) is 2. The standard InChI is InChI=1S/C4H6OS2.2C4H9.2Sn/c5-4-1-6-3-7-2-4;2*1-3-4-2;;/h4-5H,1-2H2;2*1,3-4H2,2H3;;. The third-order valence-electron chi connectivity index (χ3n) is 2.73. The maximum atomic E-state index is 9.68. The maximum absolute atomic E-state index is 9.68. The first-order chi connectivity index (χ1) is 8.22. The first-order valence-corrected chi connectivity index (χ1v) is 15.5. The third-order valence-corrected chi connectivity index (χ3v) is 27.0. The second-order valence-electron chi connectivity index (χ2n) is 4.45. The van der Waals surface area contributed by atoms with Gasteiger partial charge in [0.2, 0.25) is 0 Å². The molecule has 1 fully saturated rings. The van der Waals surface area contributed by atoms with Crippen LogP contribution in [-0.2, 0) is 0 Å². The van der Waals surface area contributed by atoms with E-state index in [0.717, 1.165) is 11.6 Å². The Bertz CT molecular complexity index is 185. The zero-order valence-corrected chi connectivity index (χ0v) is 18.3. The summed E-state index contributed by atoms with van der Waals surface area (Å²) in [5, 5.41) is 9.68. The van der Waals surface area contributed by atoms with Crippen LogP contribution in [0.25, 0.3) is 0 Å². The molecule has 0 bridgehead atoms. The van der Waals surface area contributed by atoms with Crippen LogP contribution in [0.15, 0.2) is 0 Å². The Morgan fingerprint density at radius 3 is 1.94 bits per heavy atom. The minimum atomic E-state index is -0.210. The average Bonchev–Trinajstić information content (AvgIpc) is 2.34. The van der Waals surface area contributed by atoms with Crippen LogP contribution in [0.3, 0.4) is 0 Å². The van der Waals surface area contributed by atoms with Gasteiger partial charge < -0.3 is 0 Å². The van der Waals surface area contributed by atoms with Gasteiger partial charge in [0.05, 0.1) is 0 Å². The Kier molecular flexibility index (Phi) is 10.2. The molecule has 98 valence electrons. The van der Waals surface area contributed by atoms with E-state index in [4.69, 9.17) is 0 Å². The fourth-order valence-electron chi connectivity index (χ4n) is 1.64. The van der Waals surface area contributed by atoms with E-state index in [1.54, 1.807) is 8.87 Å². The minimum absolute atomic E-state index is 0.0192. The number of aliphatic hydroxyl groups excluding tert-OH is 1. The molecule has 1 nitrogen and oxygen atoms in total. The van der Waals surface area contributed by atoms with Gasteiger partial charge in [0, 0.05) is 0 Å². The van der Waals surface area contributed by atoms with E-state index in [0.29, 0.717) is 0 Å². The van der Waals surface area contributed by atoms with Crippen molar-refractivity contribution < 1.29 is 5.11 Å². The molecule has 1 rings (SSSR count). The summed E-state index contributed by atoms with van der Waals surface area (Å²) in [6, 6.07) is 0. The molecule has 0 atom stereocenters.